The maximum atomic E-state index is 11.3. The van der Waals surface area contributed by atoms with Gasteiger partial charge in [0.25, 0.3) is 0 Å². The van der Waals surface area contributed by atoms with Crippen molar-refractivity contribution in [2.24, 2.45) is 10.7 Å². The molecule has 0 saturated heterocycles. The van der Waals surface area contributed by atoms with Gasteiger partial charge in [0.2, 0.25) is 0 Å². The second-order valence-electron chi connectivity index (χ2n) is 5.97. The van der Waals surface area contributed by atoms with Crippen LogP contribution in [0.1, 0.15) is 29.9 Å². The number of carbonyl (C=O) groups is 1. The van der Waals surface area contributed by atoms with Gasteiger partial charge in [-0.3, -0.25) is 4.99 Å². The first-order valence-electron chi connectivity index (χ1n) is 8.03. The molecule has 3 N–H and O–H groups in total. The summed E-state index contributed by atoms with van der Waals surface area (Å²) in [6.07, 6.45) is 5.04. The van der Waals surface area contributed by atoms with E-state index in [1.54, 1.807) is 18.2 Å². The van der Waals surface area contributed by atoms with Crippen LogP contribution in [0.2, 0.25) is 0 Å². The van der Waals surface area contributed by atoms with E-state index in [1.165, 1.54) is 12.3 Å². The molecule has 2 heterocycles. The van der Waals surface area contributed by atoms with Crippen molar-refractivity contribution in [2.75, 3.05) is 6.61 Å². The topological polar surface area (TPSA) is 103 Å². The Morgan fingerprint density at radius 1 is 1.48 bits per heavy atom. The fraction of sp³-hybridized carbons (Fsp3) is 0.278. The van der Waals surface area contributed by atoms with Crippen molar-refractivity contribution in [1.29, 1.82) is 0 Å². The zero-order valence-corrected chi connectivity index (χ0v) is 14.1. The number of aromatic carboxylic acids is 1. The number of hydrogen-bond donors (Lipinski definition) is 2. The average molecular weight is 340 g/mol. The van der Waals surface area contributed by atoms with Gasteiger partial charge in [0.05, 0.1) is 23.4 Å². The minimum absolute atomic E-state index is 0.0990. The van der Waals surface area contributed by atoms with Crippen LogP contribution < -0.4 is 10.5 Å². The van der Waals surface area contributed by atoms with Gasteiger partial charge in [0.15, 0.2) is 0 Å². The van der Waals surface area contributed by atoms with Gasteiger partial charge in [-0.05, 0) is 44.3 Å². The van der Waals surface area contributed by atoms with Gasteiger partial charge in [-0.1, -0.05) is 0 Å². The maximum absolute atomic E-state index is 11.3. The molecule has 25 heavy (non-hydrogen) atoms. The smallest absolute Gasteiger partial charge is 0.335 e. The number of ether oxygens (including phenoxy) is 1. The lowest BCUT2D eigenvalue weighted by Crippen LogP contribution is -2.06. The summed E-state index contributed by atoms with van der Waals surface area (Å²) < 4.78 is 7.67. The monoisotopic (exact) mass is 340 g/mol. The molecule has 0 unspecified atom stereocenters. The Balaban J connectivity index is 2.14. The molecule has 2 aromatic rings. The SMILES string of the molecule is CC(C)N=C(C=CN)c1cn2c(n1)-c1cc(C(=O)O)ccc1OCC2. The van der Waals surface area contributed by atoms with Gasteiger partial charge in [-0.15, -0.1) is 0 Å². The average Bonchev–Trinajstić information content (AvgIpc) is 2.91. The van der Waals surface area contributed by atoms with Crippen LogP contribution in [0, 0.1) is 0 Å². The van der Waals surface area contributed by atoms with Crippen molar-refractivity contribution in [2.45, 2.75) is 26.4 Å². The van der Waals surface area contributed by atoms with Crippen molar-refractivity contribution in [1.82, 2.24) is 9.55 Å². The van der Waals surface area contributed by atoms with E-state index in [4.69, 9.17) is 10.5 Å². The second kappa shape index (κ2) is 6.80. The summed E-state index contributed by atoms with van der Waals surface area (Å²) in [5.41, 5.74) is 7.77. The molecule has 1 aliphatic rings. The lowest BCUT2D eigenvalue weighted by molar-refractivity contribution is 0.0697. The highest BCUT2D eigenvalue weighted by atomic mass is 16.5. The number of imidazole rings is 1. The fourth-order valence-corrected chi connectivity index (χ4v) is 2.71. The molecule has 1 aromatic carbocycles. The van der Waals surface area contributed by atoms with Crippen LogP contribution in [0.5, 0.6) is 5.75 Å². The summed E-state index contributed by atoms with van der Waals surface area (Å²) in [6.45, 7) is 5.05. The summed E-state index contributed by atoms with van der Waals surface area (Å²) in [6, 6.07) is 4.89. The highest BCUT2D eigenvalue weighted by Gasteiger charge is 2.21. The molecule has 0 fully saturated rings. The lowest BCUT2D eigenvalue weighted by Gasteiger charge is -2.07. The first kappa shape index (κ1) is 16.8. The number of benzene rings is 1. The minimum Gasteiger partial charge on any atom is -0.491 e. The zero-order chi connectivity index (χ0) is 18.0. The van der Waals surface area contributed by atoms with E-state index in [1.807, 2.05) is 24.6 Å². The van der Waals surface area contributed by atoms with E-state index in [2.05, 4.69) is 9.98 Å². The van der Waals surface area contributed by atoms with Crippen LogP contribution in [-0.4, -0.2) is 39.0 Å². The Morgan fingerprint density at radius 3 is 2.96 bits per heavy atom. The van der Waals surface area contributed by atoms with E-state index in [0.717, 1.165) is 0 Å². The second-order valence-corrected chi connectivity index (χ2v) is 5.97. The van der Waals surface area contributed by atoms with Crippen LogP contribution in [0.4, 0.5) is 0 Å². The van der Waals surface area contributed by atoms with E-state index in [9.17, 15) is 9.90 Å². The normalized spacial score (nSPS) is 14.1. The Labute approximate surface area is 145 Å². The van der Waals surface area contributed by atoms with E-state index >= 15 is 0 Å². The Kier molecular flexibility index (Phi) is 4.56. The zero-order valence-electron chi connectivity index (χ0n) is 14.1. The van der Waals surface area contributed by atoms with Crippen molar-refractivity contribution >= 4 is 11.7 Å². The number of aliphatic imine (C=N–C) groups is 1. The largest absolute Gasteiger partial charge is 0.491 e. The summed E-state index contributed by atoms with van der Waals surface area (Å²) in [7, 11) is 0. The molecule has 7 heteroatoms. The number of rotatable bonds is 4. The number of carboxylic acids is 1. The Morgan fingerprint density at radius 2 is 2.28 bits per heavy atom. The molecule has 7 nitrogen and oxygen atoms in total. The third-order valence-corrected chi connectivity index (χ3v) is 3.75. The summed E-state index contributed by atoms with van der Waals surface area (Å²) >= 11 is 0. The van der Waals surface area contributed by atoms with Crippen LogP contribution >= 0.6 is 0 Å². The van der Waals surface area contributed by atoms with Crippen LogP contribution in [0.3, 0.4) is 0 Å². The van der Waals surface area contributed by atoms with Crippen molar-refractivity contribution in [3.63, 3.8) is 0 Å². The van der Waals surface area contributed by atoms with Gasteiger partial charge in [-0.2, -0.15) is 0 Å². The molecule has 0 aliphatic carbocycles. The molecule has 3 rings (SSSR count). The van der Waals surface area contributed by atoms with Crippen LogP contribution in [-0.2, 0) is 6.54 Å². The van der Waals surface area contributed by atoms with Gasteiger partial charge in [-0.25, -0.2) is 9.78 Å². The molecule has 0 atom stereocenters. The van der Waals surface area contributed by atoms with E-state index < -0.39 is 5.97 Å². The molecule has 130 valence electrons. The number of aromatic nitrogens is 2. The maximum Gasteiger partial charge on any atom is 0.335 e. The van der Waals surface area contributed by atoms with Crippen LogP contribution in [0.25, 0.3) is 11.4 Å². The molecule has 0 radical (unpaired) electrons. The summed E-state index contributed by atoms with van der Waals surface area (Å²) in [5.74, 6) is 0.295. The molecule has 0 amide bonds. The van der Waals surface area contributed by atoms with Gasteiger partial charge >= 0.3 is 5.97 Å². The van der Waals surface area contributed by atoms with Gasteiger partial charge in [0, 0.05) is 12.2 Å². The number of hydrogen-bond acceptors (Lipinski definition) is 5. The van der Waals surface area contributed by atoms with Gasteiger partial charge in [0.1, 0.15) is 23.9 Å². The van der Waals surface area contributed by atoms with Gasteiger partial charge < -0.3 is 20.1 Å². The van der Waals surface area contributed by atoms with E-state index in [-0.39, 0.29) is 11.6 Å². The molecule has 0 bridgehead atoms. The summed E-state index contributed by atoms with van der Waals surface area (Å²) in [4.78, 5) is 20.5. The molecule has 0 saturated carbocycles. The third-order valence-electron chi connectivity index (χ3n) is 3.75. The quantitative estimate of drug-likeness (QED) is 0.832. The first-order valence-corrected chi connectivity index (χ1v) is 8.03. The lowest BCUT2D eigenvalue weighted by atomic mass is 10.1. The molecular formula is C18H20N4O3. The fourth-order valence-electron chi connectivity index (χ4n) is 2.71. The Hall–Kier alpha value is -3.09. The molecule has 1 aliphatic heterocycles. The highest BCUT2D eigenvalue weighted by molar-refractivity contribution is 6.07. The van der Waals surface area contributed by atoms with Crippen molar-refractivity contribution < 1.29 is 14.6 Å². The Bertz CT molecular complexity index is 865. The molecule has 0 spiro atoms. The number of fused-ring (bicyclic) bond motifs is 3. The highest BCUT2D eigenvalue weighted by Crippen LogP contribution is 2.33. The number of allylic oxidation sites excluding steroid dienone is 1. The third kappa shape index (κ3) is 3.40. The van der Waals surface area contributed by atoms with E-state index in [0.29, 0.717) is 41.7 Å². The number of carboxylic acid groups (broad SMARTS) is 1. The summed E-state index contributed by atoms with van der Waals surface area (Å²) in [5, 5.41) is 9.26. The van der Waals surface area contributed by atoms with Crippen molar-refractivity contribution in [3.8, 4) is 17.1 Å². The minimum atomic E-state index is -0.987. The number of nitrogens with zero attached hydrogens (tertiary/aromatic N) is 3. The number of nitrogens with two attached hydrogens (primary N) is 1. The van der Waals surface area contributed by atoms with Crippen molar-refractivity contribution in [3.05, 3.63) is 47.9 Å². The predicted molar refractivity (Wildman–Crippen MR) is 95.1 cm³/mol. The first-order chi connectivity index (χ1) is 12.0. The van der Waals surface area contributed by atoms with Crippen LogP contribution in [0.15, 0.2) is 41.7 Å². The predicted octanol–water partition coefficient (Wildman–Crippen LogP) is 2.31. The molecule has 1 aromatic heterocycles. The standard InChI is InChI=1S/C18H20N4O3/c1-11(2)20-14(5-6-19)15-10-22-7-8-25-16-4-3-12(18(23)24)9-13(16)17(22)21-15/h3-6,9-11H,7-8,19H2,1-2H3,(H,23,24). The molecular weight excluding hydrogens is 320 g/mol.